The maximum absolute atomic E-state index is 13.6. The lowest BCUT2D eigenvalue weighted by Crippen LogP contribution is -2.28. The van der Waals surface area contributed by atoms with Gasteiger partial charge in [0.2, 0.25) is 5.91 Å². The summed E-state index contributed by atoms with van der Waals surface area (Å²) in [7, 11) is 1.56. The third-order valence-corrected chi connectivity index (χ3v) is 4.75. The van der Waals surface area contributed by atoms with Gasteiger partial charge in [0.25, 0.3) is 0 Å². The number of amides is 1. The smallest absolute Gasteiger partial charge is 0.228 e. The van der Waals surface area contributed by atoms with E-state index in [9.17, 15) is 9.18 Å². The number of aromatic nitrogens is 2. The number of benzene rings is 2. The van der Waals surface area contributed by atoms with Gasteiger partial charge in [0.1, 0.15) is 11.6 Å². The van der Waals surface area contributed by atoms with Crippen LogP contribution in [0.3, 0.4) is 0 Å². The summed E-state index contributed by atoms with van der Waals surface area (Å²) < 4.78 is 18.9. The number of nitrogens with one attached hydrogen (secondary N) is 2. The van der Waals surface area contributed by atoms with Crippen LogP contribution in [0.2, 0.25) is 0 Å². The first-order chi connectivity index (χ1) is 12.2. The largest absolute Gasteiger partial charge is 0.496 e. The Labute approximate surface area is 144 Å². The lowest BCUT2D eigenvalue weighted by atomic mass is 9.85. The Morgan fingerprint density at radius 2 is 2.12 bits per heavy atom. The van der Waals surface area contributed by atoms with Gasteiger partial charge in [-0.2, -0.15) is 5.10 Å². The molecule has 1 aliphatic carbocycles. The van der Waals surface area contributed by atoms with Gasteiger partial charge < -0.3 is 10.1 Å². The maximum atomic E-state index is 13.6. The van der Waals surface area contributed by atoms with Crippen LogP contribution in [0.1, 0.15) is 19.3 Å². The minimum absolute atomic E-state index is 0.0236. The Balaban J connectivity index is 1.68. The lowest BCUT2D eigenvalue weighted by molar-refractivity contribution is -0.122. The van der Waals surface area contributed by atoms with Gasteiger partial charge in [-0.1, -0.05) is 12.5 Å². The van der Waals surface area contributed by atoms with Crippen LogP contribution in [0.25, 0.3) is 22.0 Å². The average Bonchev–Trinajstić information content (AvgIpc) is 2.95. The van der Waals surface area contributed by atoms with Gasteiger partial charge in [-0.05, 0) is 48.7 Å². The Morgan fingerprint density at radius 1 is 1.28 bits per heavy atom. The van der Waals surface area contributed by atoms with Gasteiger partial charge in [0, 0.05) is 16.9 Å². The van der Waals surface area contributed by atoms with Crippen LogP contribution < -0.4 is 10.1 Å². The number of H-pyrrole nitrogens is 1. The predicted molar refractivity (Wildman–Crippen MR) is 94.0 cm³/mol. The molecule has 1 saturated carbocycles. The molecule has 4 rings (SSSR count). The molecule has 0 spiro atoms. The minimum Gasteiger partial charge on any atom is -0.496 e. The van der Waals surface area contributed by atoms with Crippen molar-refractivity contribution >= 4 is 22.6 Å². The van der Waals surface area contributed by atoms with Crippen molar-refractivity contribution in [3.05, 3.63) is 42.2 Å². The van der Waals surface area contributed by atoms with E-state index in [1.807, 2.05) is 18.2 Å². The molecule has 3 aromatic rings. The van der Waals surface area contributed by atoms with Gasteiger partial charge >= 0.3 is 0 Å². The molecule has 0 unspecified atom stereocenters. The van der Waals surface area contributed by atoms with Crippen molar-refractivity contribution in [3.8, 4) is 16.9 Å². The van der Waals surface area contributed by atoms with Gasteiger partial charge in [0.05, 0.1) is 12.6 Å². The van der Waals surface area contributed by atoms with Crippen LogP contribution in [0, 0.1) is 11.7 Å². The molecule has 1 fully saturated rings. The van der Waals surface area contributed by atoms with E-state index in [1.54, 1.807) is 13.2 Å². The summed E-state index contributed by atoms with van der Waals surface area (Å²) in [6, 6.07) is 10.0. The maximum Gasteiger partial charge on any atom is 0.228 e. The molecular formula is C19H18FN3O2. The molecule has 2 aromatic carbocycles. The highest BCUT2D eigenvalue weighted by atomic mass is 19.1. The van der Waals surface area contributed by atoms with Crippen molar-refractivity contribution in [3.63, 3.8) is 0 Å². The number of aromatic amines is 1. The van der Waals surface area contributed by atoms with Crippen molar-refractivity contribution in [1.29, 1.82) is 0 Å². The molecule has 0 atom stereocenters. The SMILES string of the molecule is COc1ccc(F)cc1-c1ccc2c(NC(=O)C3CCC3)n[nH]c2c1. The fraction of sp³-hybridized carbons (Fsp3) is 0.263. The Hall–Kier alpha value is -2.89. The third kappa shape index (κ3) is 2.84. The molecule has 0 radical (unpaired) electrons. The van der Waals surface area contributed by atoms with E-state index in [2.05, 4.69) is 15.5 Å². The number of hydrogen-bond acceptors (Lipinski definition) is 3. The summed E-state index contributed by atoms with van der Waals surface area (Å²) in [6.45, 7) is 0. The number of rotatable bonds is 4. The average molecular weight is 339 g/mol. The molecule has 0 saturated heterocycles. The molecular weight excluding hydrogens is 321 g/mol. The lowest BCUT2D eigenvalue weighted by Gasteiger charge is -2.23. The minimum atomic E-state index is -0.325. The second kappa shape index (κ2) is 6.20. The van der Waals surface area contributed by atoms with Crippen molar-refractivity contribution in [2.24, 2.45) is 5.92 Å². The first kappa shape index (κ1) is 15.6. The van der Waals surface area contributed by atoms with Gasteiger partial charge in [0.15, 0.2) is 5.82 Å². The first-order valence-electron chi connectivity index (χ1n) is 8.28. The van der Waals surface area contributed by atoms with Crippen molar-refractivity contribution in [2.45, 2.75) is 19.3 Å². The van der Waals surface area contributed by atoms with Crippen LogP contribution in [-0.2, 0) is 4.79 Å². The highest BCUT2D eigenvalue weighted by molar-refractivity contribution is 6.01. The molecule has 1 aliphatic rings. The zero-order chi connectivity index (χ0) is 17.4. The van der Waals surface area contributed by atoms with Crippen LogP contribution in [0.5, 0.6) is 5.75 Å². The molecule has 2 N–H and O–H groups in total. The summed E-state index contributed by atoms with van der Waals surface area (Å²) in [4.78, 5) is 12.1. The van der Waals surface area contributed by atoms with Crippen LogP contribution >= 0.6 is 0 Å². The van der Waals surface area contributed by atoms with Gasteiger partial charge in [-0.3, -0.25) is 9.89 Å². The zero-order valence-corrected chi connectivity index (χ0v) is 13.8. The highest BCUT2D eigenvalue weighted by Crippen LogP contribution is 2.34. The number of hydrogen-bond donors (Lipinski definition) is 2. The van der Waals surface area contributed by atoms with Crippen molar-refractivity contribution < 1.29 is 13.9 Å². The normalized spacial score (nSPS) is 14.3. The van der Waals surface area contributed by atoms with Crippen LogP contribution in [-0.4, -0.2) is 23.2 Å². The second-order valence-electron chi connectivity index (χ2n) is 6.29. The standard InChI is InChI=1S/C19H18FN3O2/c1-25-17-8-6-13(20)10-15(17)12-5-7-14-16(9-12)22-23-18(14)21-19(24)11-3-2-4-11/h5-11H,2-4H2,1H3,(H2,21,22,23,24). The third-order valence-electron chi connectivity index (χ3n) is 4.75. The molecule has 5 nitrogen and oxygen atoms in total. The first-order valence-corrected chi connectivity index (χ1v) is 8.28. The summed E-state index contributed by atoms with van der Waals surface area (Å²) in [5, 5.41) is 10.9. The van der Waals surface area contributed by atoms with E-state index in [0.717, 1.165) is 35.7 Å². The molecule has 1 heterocycles. The monoisotopic (exact) mass is 339 g/mol. The summed E-state index contributed by atoms with van der Waals surface area (Å²) in [6.07, 6.45) is 2.99. The molecule has 128 valence electrons. The van der Waals surface area contributed by atoms with E-state index in [-0.39, 0.29) is 17.6 Å². The number of halogens is 1. The molecule has 6 heteroatoms. The van der Waals surface area contributed by atoms with E-state index < -0.39 is 0 Å². The summed E-state index contributed by atoms with van der Waals surface area (Å²) in [5.41, 5.74) is 2.25. The van der Waals surface area contributed by atoms with Crippen molar-refractivity contribution in [2.75, 3.05) is 12.4 Å². The molecule has 1 amide bonds. The highest BCUT2D eigenvalue weighted by Gasteiger charge is 2.26. The molecule has 1 aromatic heterocycles. The topological polar surface area (TPSA) is 67.0 Å². The van der Waals surface area contributed by atoms with Crippen LogP contribution in [0.15, 0.2) is 36.4 Å². The molecule has 0 bridgehead atoms. The predicted octanol–water partition coefficient (Wildman–Crippen LogP) is 4.12. The Morgan fingerprint density at radius 3 is 2.84 bits per heavy atom. The number of carbonyl (C=O) groups excluding carboxylic acids is 1. The Bertz CT molecular complexity index is 947. The summed E-state index contributed by atoms with van der Waals surface area (Å²) >= 11 is 0. The molecule has 0 aliphatic heterocycles. The Kier molecular flexibility index (Phi) is 3.87. The number of carbonyl (C=O) groups is 1. The summed E-state index contributed by atoms with van der Waals surface area (Å²) in [5.74, 6) is 0.926. The number of fused-ring (bicyclic) bond motifs is 1. The van der Waals surface area contributed by atoms with E-state index in [4.69, 9.17) is 4.74 Å². The van der Waals surface area contributed by atoms with Crippen molar-refractivity contribution in [1.82, 2.24) is 10.2 Å². The quantitative estimate of drug-likeness (QED) is 0.751. The number of methoxy groups -OCH3 is 1. The number of anilines is 1. The second-order valence-corrected chi connectivity index (χ2v) is 6.29. The number of ether oxygens (including phenoxy) is 1. The van der Waals surface area contributed by atoms with E-state index >= 15 is 0 Å². The van der Waals surface area contributed by atoms with Gasteiger partial charge in [-0.15, -0.1) is 0 Å². The zero-order valence-electron chi connectivity index (χ0n) is 13.8. The fourth-order valence-electron chi connectivity index (χ4n) is 3.08. The number of nitrogens with zero attached hydrogens (tertiary/aromatic N) is 1. The van der Waals surface area contributed by atoms with Gasteiger partial charge in [-0.25, -0.2) is 4.39 Å². The molecule has 25 heavy (non-hydrogen) atoms. The van der Waals surface area contributed by atoms with Crippen LogP contribution in [0.4, 0.5) is 10.2 Å². The fourth-order valence-corrected chi connectivity index (χ4v) is 3.08. The van der Waals surface area contributed by atoms with E-state index in [0.29, 0.717) is 17.1 Å². The van der Waals surface area contributed by atoms with E-state index in [1.165, 1.54) is 12.1 Å².